The highest BCUT2D eigenvalue weighted by Crippen LogP contribution is 2.29. The van der Waals surface area contributed by atoms with Gasteiger partial charge in [0.2, 0.25) is 0 Å². The highest BCUT2D eigenvalue weighted by molar-refractivity contribution is 7.17. The molecule has 5 nitrogen and oxygen atoms in total. The number of carbonyl (C=O) groups excluding carboxylic acids is 1. The van der Waals surface area contributed by atoms with Crippen LogP contribution in [0.4, 0.5) is 0 Å². The van der Waals surface area contributed by atoms with E-state index < -0.39 is 0 Å². The Morgan fingerprint density at radius 1 is 1.30 bits per heavy atom. The first-order chi connectivity index (χ1) is 13.0. The number of rotatable bonds is 6. The summed E-state index contributed by atoms with van der Waals surface area (Å²) in [4.78, 5) is 22.9. The molecule has 0 saturated carbocycles. The van der Waals surface area contributed by atoms with E-state index in [4.69, 9.17) is 4.74 Å². The molecule has 6 heteroatoms. The van der Waals surface area contributed by atoms with Gasteiger partial charge in [-0.2, -0.15) is 0 Å². The molecule has 1 saturated heterocycles. The fourth-order valence-electron chi connectivity index (χ4n) is 3.47. The molecule has 27 heavy (non-hydrogen) atoms. The van der Waals surface area contributed by atoms with Crippen LogP contribution in [0.3, 0.4) is 0 Å². The van der Waals surface area contributed by atoms with Gasteiger partial charge in [-0.1, -0.05) is 31.2 Å². The number of aromatic nitrogens is 1. The summed E-state index contributed by atoms with van der Waals surface area (Å²) in [6.07, 6.45) is 1.02. The van der Waals surface area contributed by atoms with Gasteiger partial charge in [0.05, 0.1) is 12.3 Å². The molecule has 1 unspecified atom stereocenters. The molecule has 0 aliphatic carbocycles. The summed E-state index contributed by atoms with van der Waals surface area (Å²) in [5.74, 6) is 0.111. The largest absolute Gasteiger partial charge is 0.383 e. The van der Waals surface area contributed by atoms with Crippen molar-refractivity contribution < 1.29 is 9.53 Å². The van der Waals surface area contributed by atoms with Crippen LogP contribution in [-0.4, -0.2) is 66.6 Å². The van der Waals surface area contributed by atoms with Crippen LogP contribution in [0.1, 0.15) is 34.8 Å². The SMILES string of the molecule is CCc1ccc(-c2nc(C)c(C(=O)N3CCN(CCOC)C(C)C3)s2)cc1. The highest BCUT2D eigenvalue weighted by atomic mass is 32.1. The van der Waals surface area contributed by atoms with E-state index in [9.17, 15) is 4.79 Å². The Kier molecular flexibility index (Phi) is 6.63. The Morgan fingerprint density at radius 3 is 2.67 bits per heavy atom. The Hall–Kier alpha value is -1.76. The second-order valence-electron chi connectivity index (χ2n) is 7.11. The predicted octanol–water partition coefficient (Wildman–Crippen LogP) is 3.47. The molecule has 0 spiro atoms. The summed E-state index contributed by atoms with van der Waals surface area (Å²) in [5, 5.41) is 0.922. The first-order valence-corrected chi connectivity index (χ1v) is 10.4. The number of amides is 1. The summed E-state index contributed by atoms with van der Waals surface area (Å²) in [5.41, 5.74) is 3.22. The van der Waals surface area contributed by atoms with Crippen molar-refractivity contribution in [1.29, 1.82) is 0 Å². The summed E-state index contributed by atoms with van der Waals surface area (Å²) in [7, 11) is 1.73. The van der Waals surface area contributed by atoms with E-state index in [-0.39, 0.29) is 5.91 Å². The van der Waals surface area contributed by atoms with Gasteiger partial charge in [0.25, 0.3) is 5.91 Å². The molecule has 1 aromatic carbocycles. The smallest absolute Gasteiger partial charge is 0.265 e. The Morgan fingerprint density at radius 2 is 2.04 bits per heavy atom. The summed E-state index contributed by atoms with van der Waals surface area (Å²) >= 11 is 1.51. The zero-order chi connectivity index (χ0) is 19.4. The first kappa shape index (κ1) is 20.0. The van der Waals surface area contributed by atoms with Crippen LogP contribution in [-0.2, 0) is 11.2 Å². The van der Waals surface area contributed by atoms with E-state index in [0.717, 1.165) is 60.3 Å². The Labute approximate surface area is 166 Å². The number of hydrogen-bond acceptors (Lipinski definition) is 5. The van der Waals surface area contributed by atoms with E-state index in [1.165, 1.54) is 16.9 Å². The van der Waals surface area contributed by atoms with Gasteiger partial charge in [-0.25, -0.2) is 4.98 Å². The number of aryl methyl sites for hydroxylation is 2. The van der Waals surface area contributed by atoms with Crippen molar-refractivity contribution in [3.8, 4) is 10.6 Å². The van der Waals surface area contributed by atoms with Gasteiger partial charge in [0.15, 0.2) is 0 Å². The summed E-state index contributed by atoms with van der Waals surface area (Å²) in [6, 6.07) is 8.81. The molecule has 1 fully saturated rings. The monoisotopic (exact) mass is 387 g/mol. The molecule has 2 aromatic rings. The van der Waals surface area contributed by atoms with E-state index in [1.807, 2.05) is 11.8 Å². The predicted molar refractivity (Wildman–Crippen MR) is 110 cm³/mol. The first-order valence-electron chi connectivity index (χ1n) is 9.62. The standard InChI is InChI=1S/C21H29N3O2S/c1-5-17-6-8-18(9-7-17)20-22-16(3)19(27-20)21(25)24-11-10-23(12-13-26-4)15(2)14-24/h6-9,15H,5,10-14H2,1-4H3. The second-order valence-corrected chi connectivity index (χ2v) is 8.11. The number of hydrogen-bond donors (Lipinski definition) is 0. The van der Waals surface area contributed by atoms with Crippen molar-refractivity contribution in [3.05, 3.63) is 40.4 Å². The van der Waals surface area contributed by atoms with Gasteiger partial charge in [-0.05, 0) is 25.8 Å². The molecule has 0 radical (unpaired) electrons. The van der Waals surface area contributed by atoms with Crippen LogP contribution in [0.25, 0.3) is 10.6 Å². The van der Waals surface area contributed by atoms with Crippen LogP contribution >= 0.6 is 11.3 Å². The molecule has 1 aliphatic heterocycles. The molecule has 1 amide bonds. The van der Waals surface area contributed by atoms with Crippen molar-refractivity contribution in [3.63, 3.8) is 0 Å². The number of piperazine rings is 1. The normalized spacial score (nSPS) is 18.1. The topological polar surface area (TPSA) is 45.7 Å². The number of benzene rings is 1. The third kappa shape index (κ3) is 4.57. The molecular formula is C21H29N3O2S. The quantitative estimate of drug-likeness (QED) is 0.761. The van der Waals surface area contributed by atoms with Gasteiger partial charge in [0.1, 0.15) is 9.88 Å². The zero-order valence-corrected chi connectivity index (χ0v) is 17.5. The zero-order valence-electron chi connectivity index (χ0n) is 16.7. The number of thiazole rings is 1. The number of methoxy groups -OCH3 is 1. The molecule has 0 bridgehead atoms. The van der Waals surface area contributed by atoms with Crippen LogP contribution < -0.4 is 0 Å². The molecule has 1 aromatic heterocycles. The maximum atomic E-state index is 13.1. The number of nitrogens with zero attached hydrogens (tertiary/aromatic N) is 3. The van der Waals surface area contributed by atoms with Crippen molar-refractivity contribution in [1.82, 2.24) is 14.8 Å². The average Bonchev–Trinajstić information content (AvgIpc) is 3.08. The van der Waals surface area contributed by atoms with Gasteiger partial charge >= 0.3 is 0 Å². The van der Waals surface area contributed by atoms with Gasteiger partial charge in [-0.15, -0.1) is 11.3 Å². The minimum Gasteiger partial charge on any atom is -0.383 e. The maximum Gasteiger partial charge on any atom is 0.265 e. The third-order valence-electron chi connectivity index (χ3n) is 5.23. The van der Waals surface area contributed by atoms with Crippen LogP contribution in [0.5, 0.6) is 0 Å². The molecule has 1 atom stereocenters. The van der Waals surface area contributed by atoms with Crippen LogP contribution in [0.2, 0.25) is 0 Å². The summed E-state index contributed by atoms with van der Waals surface area (Å²) in [6.45, 7) is 10.3. The Balaban J connectivity index is 1.71. The van der Waals surface area contributed by atoms with Crippen molar-refractivity contribution in [2.75, 3.05) is 39.9 Å². The number of ether oxygens (including phenoxy) is 1. The average molecular weight is 388 g/mol. The molecule has 2 heterocycles. The van der Waals surface area contributed by atoms with Crippen LogP contribution in [0.15, 0.2) is 24.3 Å². The maximum absolute atomic E-state index is 13.1. The number of carbonyl (C=O) groups is 1. The van der Waals surface area contributed by atoms with Gasteiger partial charge < -0.3 is 9.64 Å². The fourth-order valence-corrected chi connectivity index (χ4v) is 4.51. The van der Waals surface area contributed by atoms with Gasteiger partial charge in [-0.3, -0.25) is 9.69 Å². The lowest BCUT2D eigenvalue weighted by atomic mass is 10.1. The Bertz CT molecular complexity index is 772. The lowest BCUT2D eigenvalue weighted by Crippen LogP contribution is -2.54. The second kappa shape index (κ2) is 8.95. The summed E-state index contributed by atoms with van der Waals surface area (Å²) < 4.78 is 5.18. The minimum atomic E-state index is 0.111. The molecule has 3 rings (SSSR count). The van der Waals surface area contributed by atoms with E-state index in [2.05, 4.69) is 48.0 Å². The van der Waals surface area contributed by atoms with E-state index in [0.29, 0.717) is 6.04 Å². The molecular weight excluding hydrogens is 358 g/mol. The lowest BCUT2D eigenvalue weighted by Gasteiger charge is -2.39. The highest BCUT2D eigenvalue weighted by Gasteiger charge is 2.29. The lowest BCUT2D eigenvalue weighted by molar-refractivity contribution is 0.0437. The molecule has 1 aliphatic rings. The van der Waals surface area contributed by atoms with Crippen molar-refractivity contribution in [2.24, 2.45) is 0 Å². The third-order valence-corrected chi connectivity index (χ3v) is 6.43. The minimum absolute atomic E-state index is 0.111. The van der Waals surface area contributed by atoms with Crippen molar-refractivity contribution >= 4 is 17.2 Å². The molecule has 146 valence electrons. The fraction of sp³-hybridized carbons (Fsp3) is 0.524. The molecule has 0 N–H and O–H groups in total. The van der Waals surface area contributed by atoms with Gasteiger partial charge in [0, 0.05) is 44.9 Å². The van der Waals surface area contributed by atoms with E-state index in [1.54, 1.807) is 7.11 Å². The van der Waals surface area contributed by atoms with Crippen molar-refractivity contribution in [2.45, 2.75) is 33.2 Å². The van der Waals surface area contributed by atoms with Crippen LogP contribution in [0, 0.1) is 6.92 Å². The van der Waals surface area contributed by atoms with E-state index >= 15 is 0 Å².